The van der Waals surface area contributed by atoms with Crippen LogP contribution in [0.4, 0.5) is 0 Å². The van der Waals surface area contributed by atoms with E-state index in [2.05, 4.69) is 9.88 Å². The summed E-state index contributed by atoms with van der Waals surface area (Å²) in [5.74, 6) is 2.66. The molecule has 0 spiro atoms. The normalized spacial score (nSPS) is 11.8. The molecule has 0 aliphatic rings. The number of ether oxygens (including phenoxy) is 3. The van der Waals surface area contributed by atoms with Crippen molar-refractivity contribution in [1.82, 2.24) is 14.9 Å². The monoisotopic (exact) mass is 521 g/mol. The van der Waals surface area contributed by atoms with E-state index in [9.17, 15) is 4.79 Å². The number of hydrogen-bond donors (Lipinski definition) is 1. The van der Waals surface area contributed by atoms with Crippen LogP contribution >= 0.6 is 11.6 Å². The maximum atomic E-state index is 12.9. The number of hydrogen-bond acceptors (Lipinski definition) is 5. The van der Waals surface area contributed by atoms with Crippen molar-refractivity contribution in [2.75, 3.05) is 20.8 Å². The number of amides is 1. The largest absolute Gasteiger partial charge is 0.493 e. The molecule has 7 nitrogen and oxygen atoms in total. The van der Waals surface area contributed by atoms with Crippen LogP contribution in [-0.4, -0.2) is 36.3 Å². The number of rotatable bonds is 10. The minimum absolute atomic E-state index is 0.110. The van der Waals surface area contributed by atoms with Gasteiger partial charge in [0.25, 0.3) is 0 Å². The number of fused-ring (bicyclic) bond motifs is 1. The quantitative estimate of drug-likeness (QED) is 0.284. The summed E-state index contributed by atoms with van der Waals surface area (Å²) < 4.78 is 18.8. The zero-order valence-corrected chi connectivity index (χ0v) is 22.6. The lowest BCUT2D eigenvalue weighted by Crippen LogP contribution is -2.30. The zero-order chi connectivity index (χ0) is 26.5. The van der Waals surface area contributed by atoms with E-state index >= 15 is 0 Å². The molecular formula is C29H32ClN3O4. The van der Waals surface area contributed by atoms with Gasteiger partial charge in [-0.2, -0.15) is 0 Å². The van der Waals surface area contributed by atoms with Crippen LogP contribution in [0.3, 0.4) is 0 Å². The third-order valence-corrected chi connectivity index (χ3v) is 6.85. The van der Waals surface area contributed by atoms with Crippen molar-refractivity contribution in [2.24, 2.45) is 0 Å². The number of aryl methyl sites for hydroxylation is 2. The molecule has 4 rings (SSSR count). The van der Waals surface area contributed by atoms with Crippen molar-refractivity contribution in [1.29, 1.82) is 0 Å². The molecule has 0 aliphatic heterocycles. The van der Waals surface area contributed by atoms with Gasteiger partial charge in [0.05, 0.1) is 44.3 Å². The molecular weight excluding hydrogens is 490 g/mol. The first-order valence-corrected chi connectivity index (χ1v) is 12.5. The molecule has 1 amide bonds. The van der Waals surface area contributed by atoms with E-state index in [0.717, 1.165) is 44.3 Å². The Labute approximate surface area is 222 Å². The molecule has 8 heteroatoms. The van der Waals surface area contributed by atoms with E-state index in [1.54, 1.807) is 20.3 Å². The topological polar surface area (TPSA) is 74.6 Å². The summed E-state index contributed by atoms with van der Waals surface area (Å²) in [6.07, 6.45) is 0.212. The molecule has 1 aromatic heterocycles. The van der Waals surface area contributed by atoms with Crippen molar-refractivity contribution < 1.29 is 19.0 Å². The maximum absolute atomic E-state index is 12.9. The third kappa shape index (κ3) is 6.00. The Morgan fingerprint density at radius 2 is 1.73 bits per heavy atom. The van der Waals surface area contributed by atoms with Crippen LogP contribution in [0.2, 0.25) is 5.02 Å². The van der Waals surface area contributed by atoms with Crippen LogP contribution in [0.5, 0.6) is 17.2 Å². The second kappa shape index (κ2) is 11.6. The van der Waals surface area contributed by atoms with Gasteiger partial charge in [0.2, 0.25) is 5.91 Å². The average Bonchev–Trinajstić information content (AvgIpc) is 3.26. The van der Waals surface area contributed by atoms with Crippen LogP contribution in [-0.2, 0) is 17.8 Å². The Balaban J connectivity index is 1.48. The van der Waals surface area contributed by atoms with Crippen LogP contribution in [0.25, 0.3) is 11.0 Å². The Morgan fingerprint density at radius 3 is 2.43 bits per heavy atom. The summed E-state index contributed by atoms with van der Waals surface area (Å²) in [5.41, 5.74) is 4.66. The molecule has 1 heterocycles. The standard InChI is InChI=1S/C29H32ClN3O4/c1-18-14-22(15-19(2)28(18)30)37-13-12-33-24-9-7-6-8-23(24)32-29(33)20(3)31-27(34)17-21-10-11-25(35-4)26(16-21)36-5/h6-11,14-16,20H,12-13,17H2,1-5H3,(H,31,34). The summed E-state index contributed by atoms with van der Waals surface area (Å²) in [6, 6.07) is 17.0. The zero-order valence-electron chi connectivity index (χ0n) is 21.8. The van der Waals surface area contributed by atoms with Gasteiger partial charge in [-0.05, 0) is 73.9 Å². The van der Waals surface area contributed by atoms with Gasteiger partial charge in [0.15, 0.2) is 11.5 Å². The van der Waals surface area contributed by atoms with Crippen molar-refractivity contribution in [3.63, 3.8) is 0 Å². The highest BCUT2D eigenvalue weighted by Gasteiger charge is 2.19. The number of para-hydroxylation sites is 2. The number of carbonyl (C=O) groups is 1. The van der Waals surface area contributed by atoms with E-state index in [1.165, 1.54) is 0 Å². The minimum atomic E-state index is -0.305. The fourth-order valence-corrected chi connectivity index (χ4v) is 4.55. The van der Waals surface area contributed by atoms with Gasteiger partial charge >= 0.3 is 0 Å². The fraction of sp³-hybridized carbons (Fsp3) is 0.310. The molecule has 0 bridgehead atoms. The molecule has 0 aliphatic carbocycles. The molecule has 4 aromatic rings. The number of nitrogens with zero attached hydrogens (tertiary/aromatic N) is 2. The number of methoxy groups -OCH3 is 2. The van der Waals surface area contributed by atoms with Crippen molar-refractivity contribution in [3.8, 4) is 17.2 Å². The first-order chi connectivity index (χ1) is 17.8. The van der Waals surface area contributed by atoms with Crippen molar-refractivity contribution >= 4 is 28.5 Å². The van der Waals surface area contributed by atoms with Gasteiger partial charge in [-0.15, -0.1) is 0 Å². The highest BCUT2D eigenvalue weighted by molar-refractivity contribution is 6.32. The van der Waals surface area contributed by atoms with Gasteiger partial charge in [-0.1, -0.05) is 29.8 Å². The third-order valence-electron chi connectivity index (χ3n) is 6.26. The second-order valence-electron chi connectivity index (χ2n) is 8.99. The van der Waals surface area contributed by atoms with Gasteiger partial charge in [-0.3, -0.25) is 4.79 Å². The first kappa shape index (κ1) is 26.4. The molecule has 194 valence electrons. The fourth-order valence-electron chi connectivity index (χ4n) is 4.44. The smallest absolute Gasteiger partial charge is 0.224 e. The number of halogens is 1. The Hall–Kier alpha value is -3.71. The predicted octanol–water partition coefficient (Wildman–Crippen LogP) is 5.82. The Kier molecular flexibility index (Phi) is 8.24. The molecule has 37 heavy (non-hydrogen) atoms. The maximum Gasteiger partial charge on any atom is 0.224 e. The lowest BCUT2D eigenvalue weighted by Gasteiger charge is -2.17. The predicted molar refractivity (Wildman–Crippen MR) is 146 cm³/mol. The van der Waals surface area contributed by atoms with Gasteiger partial charge in [0.1, 0.15) is 18.2 Å². The molecule has 0 saturated carbocycles. The van der Waals surface area contributed by atoms with E-state index in [1.807, 2.05) is 69.3 Å². The molecule has 0 fully saturated rings. The summed E-state index contributed by atoms with van der Waals surface area (Å²) in [5, 5.41) is 3.85. The number of imidazole rings is 1. The molecule has 3 aromatic carbocycles. The molecule has 0 radical (unpaired) electrons. The van der Waals surface area contributed by atoms with Crippen LogP contribution < -0.4 is 19.5 Å². The Bertz CT molecular complexity index is 1390. The summed E-state index contributed by atoms with van der Waals surface area (Å²) in [4.78, 5) is 17.7. The summed E-state index contributed by atoms with van der Waals surface area (Å²) in [7, 11) is 3.16. The molecule has 1 N–H and O–H groups in total. The van der Waals surface area contributed by atoms with Crippen LogP contribution in [0.1, 0.15) is 35.5 Å². The lowest BCUT2D eigenvalue weighted by molar-refractivity contribution is -0.121. The van der Waals surface area contributed by atoms with E-state index < -0.39 is 0 Å². The Morgan fingerprint density at radius 1 is 1.03 bits per heavy atom. The summed E-state index contributed by atoms with van der Waals surface area (Å²) in [6.45, 7) is 6.90. The van der Waals surface area contributed by atoms with Gasteiger partial charge < -0.3 is 24.1 Å². The number of nitrogens with one attached hydrogen (secondary N) is 1. The lowest BCUT2D eigenvalue weighted by atomic mass is 10.1. The van der Waals surface area contributed by atoms with Crippen molar-refractivity contribution in [2.45, 2.75) is 39.8 Å². The highest BCUT2D eigenvalue weighted by Crippen LogP contribution is 2.28. The SMILES string of the molecule is COc1ccc(CC(=O)NC(C)c2nc3ccccc3n2CCOc2cc(C)c(Cl)c(C)c2)cc1OC. The average molecular weight is 522 g/mol. The molecule has 1 atom stereocenters. The van der Waals surface area contributed by atoms with Crippen LogP contribution in [0, 0.1) is 13.8 Å². The molecule has 1 unspecified atom stereocenters. The number of aromatic nitrogens is 2. The van der Waals surface area contributed by atoms with E-state index in [0.29, 0.717) is 24.7 Å². The van der Waals surface area contributed by atoms with E-state index in [4.69, 9.17) is 30.8 Å². The number of carbonyl (C=O) groups excluding carboxylic acids is 1. The molecule has 0 saturated heterocycles. The van der Waals surface area contributed by atoms with E-state index in [-0.39, 0.29) is 18.4 Å². The van der Waals surface area contributed by atoms with Crippen molar-refractivity contribution in [3.05, 3.63) is 82.1 Å². The second-order valence-corrected chi connectivity index (χ2v) is 9.36. The highest BCUT2D eigenvalue weighted by atomic mass is 35.5. The van der Waals surface area contributed by atoms with Crippen LogP contribution in [0.15, 0.2) is 54.6 Å². The van der Waals surface area contributed by atoms with Gasteiger partial charge in [0, 0.05) is 5.02 Å². The van der Waals surface area contributed by atoms with Gasteiger partial charge in [-0.25, -0.2) is 4.98 Å². The first-order valence-electron chi connectivity index (χ1n) is 12.2. The number of benzene rings is 3. The summed E-state index contributed by atoms with van der Waals surface area (Å²) >= 11 is 6.29. The minimum Gasteiger partial charge on any atom is -0.493 e.